The van der Waals surface area contributed by atoms with E-state index in [0.717, 1.165) is 23.2 Å². The van der Waals surface area contributed by atoms with Crippen LogP contribution in [0.1, 0.15) is 41.3 Å². The number of benzene rings is 2. The van der Waals surface area contributed by atoms with Gasteiger partial charge in [-0.25, -0.2) is 4.79 Å². The summed E-state index contributed by atoms with van der Waals surface area (Å²) in [7, 11) is 0. The maximum absolute atomic E-state index is 12.5. The van der Waals surface area contributed by atoms with E-state index in [4.69, 9.17) is 9.47 Å². The second-order valence-corrected chi connectivity index (χ2v) is 8.06. The van der Waals surface area contributed by atoms with Crippen molar-refractivity contribution in [2.24, 2.45) is 5.92 Å². The molecule has 8 heteroatoms. The van der Waals surface area contributed by atoms with E-state index in [-0.39, 0.29) is 18.9 Å². The highest BCUT2D eigenvalue weighted by Gasteiger charge is 2.36. The van der Waals surface area contributed by atoms with Gasteiger partial charge in [0.15, 0.2) is 6.61 Å². The Morgan fingerprint density at radius 2 is 1.79 bits per heavy atom. The Balaban J connectivity index is 1.49. The molecule has 1 atom stereocenters. The Morgan fingerprint density at radius 3 is 2.48 bits per heavy atom. The van der Waals surface area contributed by atoms with Gasteiger partial charge in [-0.05, 0) is 61.7 Å². The number of nitrogens with one attached hydrogen (secondary N) is 1. The number of hydrogen-bond acceptors (Lipinski definition) is 6. The van der Waals surface area contributed by atoms with E-state index in [0.29, 0.717) is 17.9 Å². The molecule has 33 heavy (non-hydrogen) atoms. The number of anilines is 2. The van der Waals surface area contributed by atoms with E-state index in [1.165, 1.54) is 0 Å². The van der Waals surface area contributed by atoms with Gasteiger partial charge >= 0.3 is 11.9 Å². The third-order valence-electron chi connectivity index (χ3n) is 5.30. The topological polar surface area (TPSA) is 102 Å². The minimum Gasteiger partial charge on any atom is -0.462 e. The van der Waals surface area contributed by atoms with E-state index >= 15 is 0 Å². The van der Waals surface area contributed by atoms with Crippen molar-refractivity contribution in [3.63, 3.8) is 0 Å². The molecule has 1 fully saturated rings. The molecule has 1 aliphatic rings. The van der Waals surface area contributed by atoms with Crippen LogP contribution in [-0.4, -0.2) is 43.5 Å². The van der Waals surface area contributed by atoms with Crippen molar-refractivity contribution in [2.75, 3.05) is 30.0 Å². The summed E-state index contributed by atoms with van der Waals surface area (Å²) in [5.41, 5.74) is 3.60. The van der Waals surface area contributed by atoms with Crippen molar-refractivity contribution >= 4 is 35.1 Å². The summed E-state index contributed by atoms with van der Waals surface area (Å²) in [6.45, 7) is 5.87. The minimum atomic E-state index is -0.626. The second-order valence-electron chi connectivity index (χ2n) is 8.06. The van der Waals surface area contributed by atoms with E-state index in [1.54, 1.807) is 29.2 Å². The molecule has 0 radical (unpaired) electrons. The van der Waals surface area contributed by atoms with Gasteiger partial charge in [0, 0.05) is 24.3 Å². The second kappa shape index (κ2) is 10.8. The molecule has 3 rings (SSSR count). The fraction of sp³-hybridized carbons (Fsp3) is 0.360. The largest absolute Gasteiger partial charge is 0.462 e. The molecular weight excluding hydrogens is 424 g/mol. The first-order valence-electron chi connectivity index (χ1n) is 10.9. The predicted octanol–water partition coefficient (Wildman–Crippen LogP) is 3.41. The quantitative estimate of drug-likeness (QED) is 0.616. The van der Waals surface area contributed by atoms with Crippen LogP contribution < -0.4 is 10.2 Å². The van der Waals surface area contributed by atoms with Crippen LogP contribution in [0.5, 0.6) is 0 Å². The summed E-state index contributed by atoms with van der Waals surface area (Å²) in [5.74, 6) is -2.29. The summed E-state index contributed by atoms with van der Waals surface area (Å²) in [6, 6.07) is 12.1. The minimum absolute atomic E-state index is 0.0451. The van der Waals surface area contributed by atoms with Gasteiger partial charge in [-0.15, -0.1) is 0 Å². The highest BCUT2D eigenvalue weighted by atomic mass is 16.5. The van der Waals surface area contributed by atoms with Crippen molar-refractivity contribution in [3.8, 4) is 0 Å². The summed E-state index contributed by atoms with van der Waals surface area (Å²) >= 11 is 0. The highest BCUT2D eigenvalue weighted by Crippen LogP contribution is 2.29. The lowest BCUT2D eigenvalue weighted by atomic mass is 10.1. The van der Waals surface area contributed by atoms with Crippen LogP contribution in [0.15, 0.2) is 42.5 Å². The van der Waals surface area contributed by atoms with E-state index < -0.39 is 30.4 Å². The Kier molecular flexibility index (Phi) is 7.82. The molecule has 1 heterocycles. The lowest BCUT2D eigenvalue weighted by Gasteiger charge is -2.19. The number of hydrogen-bond donors (Lipinski definition) is 1. The molecule has 0 aliphatic carbocycles. The summed E-state index contributed by atoms with van der Waals surface area (Å²) < 4.78 is 10.2. The molecule has 174 valence electrons. The number of carbonyl (C=O) groups is 4. The van der Waals surface area contributed by atoms with Crippen molar-refractivity contribution in [3.05, 3.63) is 59.2 Å². The molecule has 2 aromatic carbocycles. The maximum Gasteiger partial charge on any atom is 0.338 e. The van der Waals surface area contributed by atoms with Gasteiger partial charge in [0.05, 0.1) is 18.1 Å². The summed E-state index contributed by atoms with van der Waals surface area (Å²) in [4.78, 5) is 50.5. The average Bonchev–Trinajstić information content (AvgIpc) is 3.19. The van der Waals surface area contributed by atoms with E-state index in [2.05, 4.69) is 5.32 Å². The number of amides is 2. The summed E-state index contributed by atoms with van der Waals surface area (Å²) in [5, 5.41) is 2.61. The van der Waals surface area contributed by atoms with Crippen molar-refractivity contribution in [2.45, 2.75) is 33.6 Å². The molecule has 0 saturated carbocycles. The third kappa shape index (κ3) is 6.19. The molecule has 1 aliphatic heterocycles. The SMILES string of the molecule is CCCOC(=O)c1ccc(NC(=O)COC(=O)[C@@H]2CC(=O)N(c3cc(C)ccc3C)C2)cc1. The fourth-order valence-electron chi connectivity index (χ4n) is 3.53. The van der Waals surface area contributed by atoms with Gasteiger partial charge in [-0.1, -0.05) is 19.1 Å². The Labute approximate surface area is 192 Å². The van der Waals surface area contributed by atoms with Crippen LogP contribution in [0.3, 0.4) is 0 Å². The first kappa shape index (κ1) is 24.0. The van der Waals surface area contributed by atoms with E-state index in [9.17, 15) is 19.2 Å². The van der Waals surface area contributed by atoms with Gasteiger partial charge in [0.2, 0.25) is 5.91 Å². The highest BCUT2D eigenvalue weighted by molar-refractivity contribution is 6.00. The third-order valence-corrected chi connectivity index (χ3v) is 5.30. The lowest BCUT2D eigenvalue weighted by Crippen LogP contribution is -2.28. The Hall–Kier alpha value is -3.68. The molecule has 0 aromatic heterocycles. The van der Waals surface area contributed by atoms with Crippen LogP contribution in [-0.2, 0) is 23.9 Å². The molecule has 1 saturated heterocycles. The molecule has 2 aromatic rings. The Morgan fingerprint density at radius 1 is 1.06 bits per heavy atom. The molecule has 2 amide bonds. The normalized spacial score (nSPS) is 15.3. The Bertz CT molecular complexity index is 1050. The van der Waals surface area contributed by atoms with Crippen molar-refractivity contribution < 1.29 is 28.7 Å². The molecule has 0 unspecified atom stereocenters. The van der Waals surface area contributed by atoms with Crippen LogP contribution in [0.25, 0.3) is 0 Å². The van der Waals surface area contributed by atoms with Crippen LogP contribution >= 0.6 is 0 Å². The monoisotopic (exact) mass is 452 g/mol. The summed E-state index contributed by atoms with van der Waals surface area (Å²) in [6.07, 6.45) is 0.778. The number of esters is 2. The maximum atomic E-state index is 12.5. The standard InChI is InChI=1S/C25H28N2O6/c1-4-11-32-24(30)18-7-9-20(10-8-18)26-22(28)15-33-25(31)19-13-23(29)27(14-19)21-12-16(2)5-6-17(21)3/h5-10,12,19H,4,11,13-15H2,1-3H3,(H,26,28)/t19-/m1/s1. The average molecular weight is 453 g/mol. The van der Waals surface area contributed by atoms with Gasteiger partial charge in [0.1, 0.15) is 0 Å². The lowest BCUT2D eigenvalue weighted by molar-refractivity contribution is -0.151. The predicted molar refractivity (Wildman–Crippen MR) is 123 cm³/mol. The van der Waals surface area contributed by atoms with Crippen LogP contribution in [0.4, 0.5) is 11.4 Å². The van der Waals surface area contributed by atoms with Crippen molar-refractivity contribution in [1.82, 2.24) is 0 Å². The first-order valence-corrected chi connectivity index (χ1v) is 10.9. The molecule has 1 N–H and O–H groups in total. The molecule has 0 bridgehead atoms. The molecular formula is C25H28N2O6. The first-order chi connectivity index (χ1) is 15.8. The van der Waals surface area contributed by atoms with Gasteiger partial charge < -0.3 is 19.7 Å². The van der Waals surface area contributed by atoms with Crippen LogP contribution in [0, 0.1) is 19.8 Å². The zero-order valence-corrected chi connectivity index (χ0v) is 19.1. The smallest absolute Gasteiger partial charge is 0.338 e. The number of nitrogens with zero attached hydrogens (tertiary/aromatic N) is 1. The zero-order chi connectivity index (χ0) is 24.0. The zero-order valence-electron chi connectivity index (χ0n) is 19.1. The van der Waals surface area contributed by atoms with Crippen molar-refractivity contribution in [1.29, 1.82) is 0 Å². The number of carbonyl (C=O) groups excluding carboxylic acids is 4. The molecule has 8 nitrogen and oxygen atoms in total. The fourth-order valence-corrected chi connectivity index (χ4v) is 3.53. The number of ether oxygens (including phenoxy) is 2. The molecule has 0 spiro atoms. The van der Waals surface area contributed by atoms with Gasteiger partial charge in [0.25, 0.3) is 5.91 Å². The number of rotatable bonds is 8. The van der Waals surface area contributed by atoms with Gasteiger partial charge in [-0.3, -0.25) is 14.4 Å². The van der Waals surface area contributed by atoms with E-state index in [1.807, 2.05) is 39.0 Å². The van der Waals surface area contributed by atoms with Gasteiger partial charge in [-0.2, -0.15) is 0 Å². The number of aryl methyl sites for hydroxylation is 2. The van der Waals surface area contributed by atoms with Crippen LogP contribution in [0.2, 0.25) is 0 Å².